The van der Waals surface area contributed by atoms with E-state index in [4.69, 9.17) is 4.74 Å². The zero-order valence-corrected chi connectivity index (χ0v) is 14.1. The third-order valence-electron chi connectivity index (χ3n) is 3.80. The van der Waals surface area contributed by atoms with Gasteiger partial charge in [0, 0.05) is 23.2 Å². The van der Waals surface area contributed by atoms with Gasteiger partial charge in [-0.05, 0) is 37.1 Å². The monoisotopic (exact) mass is 340 g/mol. The van der Waals surface area contributed by atoms with Crippen molar-refractivity contribution in [3.05, 3.63) is 28.2 Å². The summed E-state index contributed by atoms with van der Waals surface area (Å²) in [4.78, 5) is 2.51. The van der Waals surface area contributed by atoms with Crippen LogP contribution in [0.3, 0.4) is 0 Å². The first-order valence-electron chi connectivity index (χ1n) is 7.59. The van der Waals surface area contributed by atoms with Crippen LogP contribution in [0.2, 0.25) is 0 Å². The van der Waals surface area contributed by atoms with Crippen molar-refractivity contribution < 1.29 is 4.74 Å². The molecule has 0 aromatic heterocycles. The zero-order valence-electron chi connectivity index (χ0n) is 12.5. The number of hydrogen-bond donors (Lipinski definition) is 1. The highest BCUT2D eigenvalue weighted by atomic mass is 79.9. The maximum absolute atomic E-state index is 5.62. The minimum absolute atomic E-state index is 0.489. The van der Waals surface area contributed by atoms with Crippen molar-refractivity contribution >= 4 is 21.6 Å². The molecule has 3 nitrogen and oxygen atoms in total. The van der Waals surface area contributed by atoms with Crippen LogP contribution in [0, 0.1) is 0 Å². The number of ether oxygens (including phenoxy) is 1. The molecule has 1 aromatic rings. The van der Waals surface area contributed by atoms with E-state index >= 15 is 0 Å². The lowest BCUT2D eigenvalue weighted by molar-refractivity contribution is 0.0929. The van der Waals surface area contributed by atoms with Gasteiger partial charge in [0.2, 0.25) is 0 Å². The fraction of sp³-hybridized carbons (Fsp3) is 0.625. The SMILES string of the molecule is CCCNCc1ccc(Br)cc1N1CCOCC1CC. The Hall–Kier alpha value is -0.580. The molecule has 0 radical (unpaired) electrons. The summed E-state index contributed by atoms with van der Waals surface area (Å²) in [6.07, 6.45) is 2.29. The molecule has 1 atom stereocenters. The molecule has 2 rings (SSSR count). The van der Waals surface area contributed by atoms with E-state index in [1.54, 1.807) is 0 Å². The van der Waals surface area contributed by atoms with E-state index < -0.39 is 0 Å². The second-order valence-corrected chi connectivity index (χ2v) is 6.20. The summed E-state index contributed by atoms with van der Waals surface area (Å²) >= 11 is 3.61. The van der Waals surface area contributed by atoms with E-state index in [2.05, 4.69) is 58.2 Å². The predicted molar refractivity (Wildman–Crippen MR) is 88.4 cm³/mol. The summed E-state index contributed by atoms with van der Waals surface area (Å²) in [5.41, 5.74) is 2.72. The smallest absolute Gasteiger partial charge is 0.0670 e. The van der Waals surface area contributed by atoms with E-state index in [9.17, 15) is 0 Å². The minimum atomic E-state index is 0.489. The number of rotatable bonds is 6. The average Bonchev–Trinajstić information content (AvgIpc) is 2.49. The van der Waals surface area contributed by atoms with Crippen LogP contribution < -0.4 is 10.2 Å². The molecule has 1 saturated heterocycles. The molecule has 0 amide bonds. The second-order valence-electron chi connectivity index (χ2n) is 5.28. The maximum Gasteiger partial charge on any atom is 0.0670 e. The van der Waals surface area contributed by atoms with Crippen molar-refractivity contribution in [1.82, 2.24) is 5.32 Å². The van der Waals surface area contributed by atoms with Gasteiger partial charge in [-0.2, -0.15) is 0 Å². The standard InChI is InChI=1S/C16H25BrN2O/c1-3-7-18-11-13-5-6-14(17)10-16(13)19-8-9-20-12-15(19)4-2/h5-6,10,15,18H,3-4,7-9,11-12H2,1-2H3. The van der Waals surface area contributed by atoms with Crippen molar-refractivity contribution in [1.29, 1.82) is 0 Å². The summed E-state index contributed by atoms with van der Waals surface area (Å²) in [5, 5.41) is 3.51. The van der Waals surface area contributed by atoms with Crippen molar-refractivity contribution in [3.8, 4) is 0 Å². The van der Waals surface area contributed by atoms with Crippen LogP contribution in [-0.4, -0.2) is 32.3 Å². The van der Waals surface area contributed by atoms with Gasteiger partial charge < -0.3 is 15.0 Å². The minimum Gasteiger partial charge on any atom is -0.377 e. The largest absolute Gasteiger partial charge is 0.377 e. The number of anilines is 1. The van der Waals surface area contributed by atoms with Crippen molar-refractivity contribution in [2.24, 2.45) is 0 Å². The van der Waals surface area contributed by atoms with E-state index in [0.717, 1.165) is 43.7 Å². The molecule has 4 heteroatoms. The molecule has 1 aliphatic rings. The van der Waals surface area contributed by atoms with Gasteiger partial charge in [-0.15, -0.1) is 0 Å². The third-order valence-corrected chi connectivity index (χ3v) is 4.29. The van der Waals surface area contributed by atoms with Crippen LogP contribution in [0.1, 0.15) is 32.3 Å². The number of nitrogens with zero attached hydrogens (tertiary/aromatic N) is 1. The first-order chi connectivity index (χ1) is 9.76. The van der Waals surface area contributed by atoms with Gasteiger partial charge in [0.1, 0.15) is 0 Å². The van der Waals surface area contributed by atoms with Gasteiger partial charge in [0.15, 0.2) is 0 Å². The maximum atomic E-state index is 5.62. The Labute approximate surface area is 130 Å². The first-order valence-corrected chi connectivity index (χ1v) is 8.39. The normalized spacial score (nSPS) is 19.4. The third kappa shape index (κ3) is 3.96. The first kappa shape index (κ1) is 15.8. The number of hydrogen-bond acceptors (Lipinski definition) is 3. The Kier molecular flexibility index (Phi) is 6.33. The second kappa shape index (κ2) is 8.01. The molecule has 0 spiro atoms. The molecule has 1 N–H and O–H groups in total. The molecule has 20 heavy (non-hydrogen) atoms. The summed E-state index contributed by atoms with van der Waals surface area (Å²) in [6, 6.07) is 7.10. The quantitative estimate of drug-likeness (QED) is 0.801. The molecular formula is C16H25BrN2O. The number of benzene rings is 1. The Morgan fingerprint density at radius 3 is 3.00 bits per heavy atom. The van der Waals surface area contributed by atoms with Crippen LogP contribution in [0.15, 0.2) is 22.7 Å². The molecule has 1 unspecified atom stereocenters. The van der Waals surface area contributed by atoms with Crippen LogP contribution in [0.25, 0.3) is 0 Å². The van der Waals surface area contributed by atoms with Crippen LogP contribution in [0.5, 0.6) is 0 Å². The van der Waals surface area contributed by atoms with Crippen molar-refractivity contribution in [2.75, 3.05) is 31.2 Å². The Morgan fingerprint density at radius 2 is 2.25 bits per heavy atom. The van der Waals surface area contributed by atoms with Crippen LogP contribution in [-0.2, 0) is 11.3 Å². The van der Waals surface area contributed by atoms with Gasteiger partial charge in [0.25, 0.3) is 0 Å². The molecule has 0 aliphatic carbocycles. The Balaban J connectivity index is 2.20. The van der Waals surface area contributed by atoms with Gasteiger partial charge in [-0.1, -0.05) is 35.8 Å². The predicted octanol–water partition coefficient (Wildman–Crippen LogP) is 3.56. The number of morpholine rings is 1. The van der Waals surface area contributed by atoms with Gasteiger partial charge in [-0.3, -0.25) is 0 Å². The summed E-state index contributed by atoms with van der Waals surface area (Å²) < 4.78 is 6.77. The highest BCUT2D eigenvalue weighted by molar-refractivity contribution is 9.10. The Bertz CT molecular complexity index is 425. The molecule has 1 aliphatic heterocycles. The molecular weight excluding hydrogens is 316 g/mol. The molecule has 1 aromatic carbocycles. The van der Waals surface area contributed by atoms with E-state index in [1.165, 1.54) is 17.7 Å². The highest BCUT2D eigenvalue weighted by Crippen LogP contribution is 2.29. The fourth-order valence-electron chi connectivity index (χ4n) is 2.66. The lowest BCUT2D eigenvalue weighted by Crippen LogP contribution is -2.45. The van der Waals surface area contributed by atoms with Crippen molar-refractivity contribution in [2.45, 2.75) is 39.3 Å². The highest BCUT2D eigenvalue weighted by Gasteiger charge is 2.23. The lowest BCUT2D eigenvalue weighted by atomic mass is 10.1. The van der Waals surface area contributed by atoms with Gasteiger partial charge in [-0.25, -0.2) is 0 Å². The molecule has 0 saturated carbocycles. The summed E-state index contributed by atoms with van der Waals surface area (Å²) in [6.45, 7) is 9.08. The van der Waals surface area contributed by atoms with E-state index in [1.807, 2.05) is 0 Å². The van der Waals surface area contributed by atoms with Gasteiger partial charge >= 0.3 is 0 Å². The molecule has 1 fully saturated rings. The van der Waals surface area contributed by atoms with Crippen molar-refractivity contribution in [3.63, 3.8) is 0 Å². The van der Waals surface area contributed by atoms with E-state index in [0.29, 0.717) is 6.04 Å². The molecule has 1 heterocycles. The fourth-order valence-corrected chi connectivity index (χ4v) is 3.01. The molecule has 0 bridgehead atoms. The average molecular weight is 341 g/mol. The van der Waals surface area contributed by atoms with Gasteiger partial charge in [0.05, 0.1) is 19.3 Å². The van der Waals surface area contributed by atoms with Crippen LogP contribution >= 0.6 is 15.9 Å². The van der Waals surface area contributed by atoms with E-state index in [-0.39, 0.29) is 0 Å². The topological polar surface area (TPSA) is 24.5 Å². The molecule has 112 valence electrons. The summed E-state index contributed by atoms with van der Waals surface area (Å²) in [7, 11) is 0. The Morgan fingerprint density at radius 1 is 1.40 bits per heavy atom. The van der Waals surface area contributed by atoms with Crippen LogP contribution in [0.4, 0.5) is 5.69 Å². The number of halogens is 1. The lowest BCUT2D eigenvalue weighted by Gasteiger charge is -2.38. The number of nitrogens with one attached hydrogen (secondary N) is 1. The summed E-state index contributed by atoms with van der Waals surface area (Å²) in [5.74, 6) is 0. The zero-order chi connectivity index (χ0) is 14.4.